The van der Waals surface area contributed by atoms with Gasteiger partial charge in [-0.1, -0.05) is 49.6 Å². The summed E-state index contributed by atoms with van der Waals surface area (Å²) < 4.78 is 0. The highest BCUT2D eigenvalue weighted by molar-refractivity contribution is 5.93. The molecule has 0 spiro atoms. The number of fused-ring (bicyclic) bond motifs is 1. The third kappa shape index (κ3) is 2.35. The number of hydrogen-bond acceptors (Lipinski definition) is 1. The molecule has 1 aromatic carbocycles. The van der Waals surface area contributed by atoms with Crippen LogP contribution < -0.4 is 0 Å². The minimum atomic E-state index is 0.703. The summed E-state index contributed by atoms with van der Waals surface area (Å²) in [5.74, 6) is 0.703. The summed E-state index contributed by atoms with van der Waals surface area (Å²) in [6, 6.07) is 12.9. The molecule has 1 saturated carbocycles. The summed E-state index contributed by atoms with van der Waals surface area (Å²) in [6.45, 7) is 0. The zero-order valence-electron chi connectivity index (χ0n) is 12.2. The quantitative estimate of drug-likeness (QED) is 0.678. The molecule has 1 N–H and O–H groups in total. The van der Waals surface area contributed by atoms with E-state index in [0.717, 1.165) is 5.65 Å². The largest absolute Gasteiger partial charge is 0.346 e. The fraction of sp³-hybridized carbons (Fsp3) is 0.316. The van der Waals surface area contributed by atoms with Gasteiger partial charge in [0.15, 0.2) is 0 Å². The van der Waals surface area contributed by atoms with Gasteiger partial charge in [-0.3, -0.25) is 0 Å². The average molecular weight is 276 g/mol. The van der Waals surface area contributed by atoms with Crippen molar-refractivity contribution in [2.75, 3.05) is 0 Å². The van der Waals surface area contributed by atoms with E-state index in [2.05, 4.69) is 58.8 Å². The maximum absolute atomic E-state index is 4.65. The Morgan fingerprint density at radius 3 is 2.62 bits per heavy atom. The highest BCUT2D eigenvalue weighted by Gasteiger charge is 2.17. The van der Waals surface area contributed by atoms with Gasteiger partial charge in [0.1, 0.15) is 5.65 Å². The summed E-state index contributed by atoms with van der Waals surface area (Å²) in [4.78, 5) is 7.95. The van der Waals surface area contributed by atoms with Gasteiger partial charge in [-0.25, -0.2) is 4.98 Å². The molecule has 1 aliphatic carbocycles. The molecular formula is C19H20N2. The van der Waals surface area contributed by atoms with E-state index in [4.69, 9.17) is 0 Å². The van der Waals surface area contributed by atoms with Crippen molar-refractivity contribution >= 4 is 11.0 Å². The Kier molecular flexibility index (Phi) is 3.23. The molecule has 0 aliphatic heterocycles. The van der Waals surface area contributed by atoms with Crippen LogP contribution in [0.5, 0.6) is 0 Å². The number of pyridine rings is 1. The summed E-state index contributed by atoms with van der Waals surface area (Å²) in [6.07, 6.45) is 10.9. The normalized spacial score (nSPS) is 16.4. The lowest BCUT2D eigenvalue weighted by Gasteiger charge is -2.21. The summed E-state index contributed by atoms with van der Waals surface area (Å²) in [7, 11) is 0. The minimum Gasteiger partial charge on any atom is -0.346 e. The number of hydrogen-bond donors (Lipinski definition) is 1. The first kappa shape index (κ1) is 12.6. The van der Waals surface area contributed by atoms with Crippen LogP contribution in [-0.4, -0.2) is 9.97 Å². The second-order valence-electron chi connectivity index (χ2n) is 6.07. The van der Waals surface area contributed by atoms with Gasteiger partial charge in [0.25, 0.3) is 0 Å². The molecular weight excluding hydrogens is 256 g/mol. The van der Waals surface area contributed by atoms with Crippen LogP contribution in [0.3, 0.4) is 0 Å². The Bertz CT molecular complexity index is 737. The number of nitrogens with one attached hydrogen (secondary N) is 1. The topological polar surface area (TPSA) is 28.7 Å². The van der Waals surface area contributed by atoms with Crippen molar-refractivity contribution in [1.29, 1.82) is 0 Å². The molecule has 0 unspecified atom stereocenters. The van der Waals surface area contributed by atoms with Crippen LogP contribution in [0.4, 0.5) is 0 Å². The molecule has 1 fully saturated rings. The van der Waals surface area contributed by atoms with Crippen molar-refractivity contribution in [1.82, 2.24) is 9.97 Å². The van der Waals surface area contributed by atoms with Crippen LogP contribution in [0.15, 0.2) is 48.8 Å². The molecule has 0 amide bonds. The lowest BCUT2D eigenvalue weighted by atomic mass is 9.84. The van der Waals surface area contributed by atoms with Crippen molar-refractivity contribution in [3.8, 4) is 11.1 Å². The molecule has 21 heavy (non-hydrogen) atoms. The summed E-state index contributed by atoms with van der Waals surface area (Å²) >= 11 is 0. The molecule has 0 bridgehead atoms. The fourth-order valence-corrected chi connectivity index (χ4v) is 3.54. The Morgan fingerprint density at radius 2 is 1.81 bits per heavy atom. The first-order chi connectivity index (χ1) is 10.4. The van der Waals surface area contributed by atoms with Gasteiger partial charge >= 0.3 is 0 Å². The van der Waals surface area contributed by atoms with E-state index < -0.39 is 0 Å². The van der Waals surface area contributed by atoms with Crippen molar-refractivity contribution in [3.63, 3.8) is 0 Å². The van der Waals surface area contributed by atoms with Crippen LogP contribution in [0.25, 0.3) is 22.2 Å². The average Bonchev–Trinajstić information content (AvgIpc) is 2.99. The van der Waals surface area contributed by atoms with Crippen molar-refractivity contribution in [2.24, 2.45) is 0 Å². The lowest BCUT2D eigenvalue weighted by molar-refractivity contribution is 0.443. The van der Waals surface area contributed by atoms with Crippen molar-refractivity contribution in [3.05, 3.63) is 54.4 Å². The maximum atomic E-state index is 4.65. The van der Waals surface area contributed by atoms with Gasteiger partial charge in [0, 0.05) is 23.3 Å². The molecule has 4 rings (SSSR count). The number of nitrogens with zero attached hydrogens (tertiary/aromatic N) is 1. The van der Waals surface area contributed by atoms with Gasteiger partial charge in [-0.05, 0) is 36.0 Å². The predicted molar refractivity (Wildman–Crippen MR) is 87.4 cm³/mol. The van der Waals surface area contributed by atoms with E-state index >= 15 is 0 Å². The number of aromatic nitrogens is 2. The highest BCUT2D eigenvalue weighted by Crippen LogP contribution is 2.35. The molecule has 106 valence electrons. The minimum absolute atomic E-state index is 0.703. The Hall–Kier alpha value is -2.09. The van der Waals surface area contributed by atoms with E-state index in [9.17, 15) is 0 Å². The number of aromatic amines is 1. The van der Waals surface area contributed by atoms with E-state index in [1.54, 1.807) is 0 Å². The monoisotopic (exact) mass is 276 g/mol. The molecule has 2 heteroatoms. The van der Waals surface area contributed by atoms with E-state index in [-0.39, 0.29) is 0 Å². The Balaban J connectivity index is 1.79. The molecule has 3 aromatic rings. The van der Waals surface area contributed by atoms with E-state index in [1.807, 2.05) is 0 Å². The van der Waals surface area contributed by atoms with Crippen LogP contribution >= 0.6 is 0 Å². The summed E-state index contributed by atoms with van der Waals surface area (Å²) in [5, 5.41) is 1.25. The Labute approximate surface area is 125 Å². The molecule has 2 nitrogen and oxygen atoms in total. The lowest BCUT2D eigenvalue weighted by Crippen LogP contribution is -2.04. The van der Waals surface area contributed by atoms with E-state index in [1.165, 1.54) is 54.2 Å². The second-order valence-corrected chi connectivity index (χ2v) is 6.07. The van der Waals surface area contributed by atoms with Crippen molar-refractivity contribution in [2.45, 2.75) is 38.0 Å². The molecule has 0 atom stereocenters. The SMILES string of the molecule is c1ccc(-c2c[nH]c3ncc(C4CCCCC4)cc23)cc1. The van der Waals surface area contributed by atoms with E-state index in [0.29, 0.717) is 5.92 Å². The molecule has 2 heterocycles. The smallest absolute Gasteiger partial charge is 0.137 e. The molecule has 0 radical (unpaired) electrons. The molecule has 2 aromatic heterocycles. The number of rotatable bonds is 2. The zero-order valence-corrected chi connectivity index (χ0v) is 12.2. The summed E-state index contributed by atoms with van der Waals surface area (Å²) in [5.41, 5.74) is 4.93. The van der Waals surface area contributed by atoms with Crippen LogP contribution in [0.2, 0.25) is 0 Å². The third-order valence-electron chi connectivity index (χ3n) is 4.71. The Morgan fingerprint density at radius 1 is 1.00 bits per heavy atom. The van der Waals surface area contributed by atoms with Gasteiger partial charge in [-0.2, -0.15) is 0 Å². The molecule has 0 saturated heterocycles. The second kappa shape index (κ2) is 5.36. The van der Waals surface area contributed by atoms with Crippen LogP contribution in [0, 0.1) is 0 Å². The first-order valence-electron chi connectivity index (χ1n) is 7.94. The zero-order chi connectivity index (χ0) is 14.1. The standard InChI is InChI=1S/C19H20N2/c1-3-7-14(8-4-1)16-11-17-18(13-21-19(17)20-12-16)15-9-5-2-6-10-15/h2,5-6,9-14H,1,3-4,7-8H2,(H,20,21). The maximum Gasteiger partial charge on any atom is 0.137 e. The van der Waals surface area contributed by atoms with Gasteiger partial charge < -0.3 is 4.98 Å². The predicted octanol–water partition coefficient (Wildman–Crippen LogP) is 5.28. The van der Waals surface area contributed by atoms with Gasteiger partial charge in [0.05, 0.1) is 0 Å². The molecule has 1 aliphatic rings. The van der Waals surface area contributed by atoms with Gasteiger partial charge in [0.2, 0.25) is 0 Å². The van der Waals surface area contributed by atoms with Crippen LogP contribution in [-0.2, 0) is 0 Å². The highest BCUT2D eigenvalue weighted by atomic mass is 14.8. The number of H-pyrrole nitrogens is 1. The first-order valence-corrected chi connectivity index (χ1v) is 7.94. The van der Waals surface area contributed by atoms with Gasteiger partial charge in [-0.15, -0.1) is 0 Å². The van der Waals surface area contributed by atoms with Crippen LogP contribution in [0.1, 0.15) is 43.6 Å². The third-order valence-corrected chi connectivity index (χ3v) is 4.71. The fourth-order valence-electron chi connectivity index (χ4n) is 3.54. The number of benzene rings is 1. The van der Waals surface area contributed by atoms with Crippen molar-refractivity contribution < 1.29 is 0 Å².